The van der Waals surface area contributed by atoms with E-state index in [1.54, 1.807) is 37.2 Å². The predicted molar refractivity (Wildman–Crippen MR) is 166 cm³/mol. The van der Waals surface area contributed by atoms with Crippen LogP contribution in [0.3, 0.4) is 0 Å². The zero-order chi connectivity index (χ0) is 38.1. The molecule has 7 nitrogen and oxygen atoms in total. The summed E-state index contributed by atoms with van der Waals surface area (Å²) in [5.74, 6) is 0. The number of nitrogens with zero attached hydrogens (tertiary/aromatic N) is 6. The van der Waals surface area contributed by atoms with E-state index >= 15 is 0 Å². The Morgan fingerprint density at radius 1 is 0.353 bits per heavy atom. The summed E-state index contributed by atoms with van der Waals surface area (Å²) in [5.41, 5.74) is 4.47. The van der Waals surface area contributed by atoms with Gasteiger partial charge in [0.05, 0.1) is 22.8 Å². The van der Waals surface area contributed by atoms with E-state index in [1.165, 1.54) is 0 Å². The van der Waals surface area contributed by atoms with E-state index in [9.17, 15) is 50.4 Å². The van der Waals surface area contributed by atoms with Crippen LogP contribution in [0.4, 0.5) is 50.4 Å². The zero-order valence-electron chi connectivity index (χ0n) is 25.1. The standard InChI is InChI=1S/2C10H8N2.C8H6N2.CO.2F6P.Ru/c2*1-3-7-11-9(5-1)10-6-2-4-8-12-10;1-3-7-4-2-6-10-8(7)9-5-1;1-2;2*1-7(2,3,4,5)6;/h2*1-8H;1-6H;;;;/q;;;;2*-1;+2. The van der Waals surface area contributed by atoms with E-state index in [2.05, 4.69) is 36.6 Å². The molecule has 6 rings (SSSR count). The number of fused-ring (bicyclic) bond motifs is 1. The van der Waals surface area contributed by atoms with Crippen LogP contribution in [0.15, 0.2) is 134 Å². The summed E-state index contributed by atoms with van der Waals surface area (Å²) in [4.78, 5) is 24.9. The largest absolute Gasteiger partial charge is 2.00 e. The van der Waals surface area contributed by atoms with Gasteiger partial charge in [0, 0.05) is 42.6 Å². The van der Waals surface area contributed by atoms with Crippen molar-refractivity contribution in [3.8, 4) is 22.8 Å². The molecule has 0 radical (unpaired) electrons. The Bertz CT molecular complexity index is 1630. The smallest absolute Gasteiger partial charge is 0.255 e. The molecule has 0 aliphatic heterocycles. The third-order valence-corrected chi connectivity index (χ3v) is 4.56. The van der Waals surface area contributed by atoms with Gasteiger partial charge in [0.15, 0.2) is 5.65 Å². The Labute approximate surface area is 294 Å². The molecule has 0 spiro atoms. The third-order valence-electron chi connectivity index (χ3n) is 4.56. The molecule has 0 aliphatic rings. The monoisotopic (exact) mass is 862 g/mol. The number of halogens is 12. The number of pyridine rings is 6. The Morgan fingerprint density at radius 3 is 0.745 bits per heavy atom. The first-order chi connectivity index (χ1) is 22.8. The van der Waals surface area contributed by atoms with Crippen LogP contribution in [-0.2, 0) is 24.1 Å². The van der Waals surface area contributed by atoms with Gasteiger partial charge in [-0.3, -0.25) is 19.9 Å². The minimum Gasteiger partial charge on any atom is -0.255 e. The van der Waals surface area contributed by atoms with Gasteiger partial charge in [-0.2, -0.15) is 0 Å². The second-order valence-electron chi connectivity index (χ2n) is 8.83. The van der Waals surface area contributed by atoms with E-state index in [4.69, 9.17) is 4.65 Å². The van der Waals surface area contributed by atoms with Crippen molar-refractivity contribution in [2.75, 3.05) is 0 Å². The van der Waals surface area contributed by atoms with Gasteiger partial charge >= 0.3 is 96.8 Å². The second-order valence-corrected chi connectivity index (χ2v) is 12.7. The molecule has 6 aromatic heterocycles. The van der Waals surface area contributed by atoms with Crippen molar-refractivity contribution >= 4 is 26.7 Å². The molecule has 6 heterocycles. The molecule has 0 atom stereocenters. The fourth-order valence-electron chi connectivity index (χ4n) is 2.96. The summed E-state index contributed by atoms with van der Waals surface area (Å²) < 4.78 is 126. The summed E-state index contributed by atoms with van der Waals surface area (Å²) in [6, 6.07) is 31.0. The third kappa shape index (κ3) is 30.1. The molecule has 0 saturated heterocycles. The summed E-state index contributed by atoms with van der Waals surface area (Å²) in [6.45, 7) is 4.50. The van der Waals surface area contributed by atoms with Crippen LogP contribution >= 0.6 is 15.6 Å². The molecule has 0 saturated carbocycles. The summed E-state index contributed by atoms with van der Waals surface area (Å²) in [5, 5.41) is 1.09. The van der Waals surface area contributed by atoms with Crippen LogP contribution in [0.5, 0.6) is 0 Å². The molecule has 0 fully saturated rings. The first kappa shape index (κ1) is 46.5. The quantitative estimate of drug-likeness (QED) is 0.0565. The van der Waals surface area contributed by atoms with Crippen molar-refractivity contribution in [1.29, 1.82) is 0 Å². The molecular formula is C29H22F12N6OP2Ru. The van der Waals surface area contributed by atoms with Gasteiger partial charge in [-0.1, -0.05) is 24.3 Å². The molecular weight excluding hydrogens is 839 g/mol. The van der Waals surface area contributed by atoms with Crippen LogP contribution in [-0.4, -0.2) is 29.9 Å². The minimum atomic E-state index is -10.7. The zero-order valence-corrected chi connectivity index (χ0v) is 28.6. The van der Waals surface area contributed by atoms with Gasteiger partial charge in [-0.05, 0) is 72.8 Å². The molecule has 0 N–H and O–H groups in total. The number of rotatable bonds is 2. The first-order valence-corrected chi connectivity index (χ1v) is 17.0. The van der Waals surface area contributed by atoms with Gasteiger partial charge in [0.2, 0.25) is 0 Å². The van der Waals surface area contributed by atoms with E-state index < -0.39 is 15.6 Å². The van der Waals surface area contributed by atoms with Crippen molar-refractivity contribution in [1.82, 2.24) is 29.9 Å². The Kier molecular flexibility index (Phi) is 16.1. The predicted octanol–water partition coefficient (Wildman–Crippen LogP) is 12.6. The fourth-order valence-corrected chi connectivity index (χ4v) is 2.96. The first-order valence-electron chi connectivity index (χ1n) is 12.9. The van der Waals surface area contributed by atoms with Crippen LogP contribution in [0, 0.1) is 6.65 Å². The van der Waals surface area contributed by atoms with Gasteiger partial charge in [-0.25, -0.2) is 9.97 Å². The average molecular weight is 862 g/mol. The second kappa shape index (κ2) is 17.7. The van der Waals surface area contributed by atoms with E-state index in [-0.39, 0.29) is 19.5 Å². The van der Waals surface area contributed by atoms with Crippen LogP contribution in [0.25, 0.3) is 33.8 Å². The molecule has 6 aromatic rings. The summed E-state index contributed by atoms with van der Waals surface area (Å²) in [6.07, 6.45) is 10.6. The van der Waals surface area contributed by atoms with Crippen molar-refractivity contribution in [2.24, 2.45) is 0 Å². The minimum absolute atomic E-state index is 0. The average Bonchev–Trinajstić information content (AvgIpc) is 3.05. The molecule has 0 aliphatic carbocycles. The van der Waals surface area contributed by atoms with Gasteiger partial charge < -0.3 is 0 Å². The summed E-state index contributed by atoms with van der Waals surface area (Å²) in [7, 11) is -21.3. The topological polar surface area (TPSA) is 97.2 Å². The van der Waals surface area contributed by atoms with Crippen LogP contribution < -0.4 is 0 Å². The number of aromatic nitrogens is 6. The van der Waals surface area contributed by atoms with E-state index in [1.807, 2.05) is 97.1 Å². The number of hydrogen-bond acceptors (Lipinski definition) is 6. The maximum Gasteiger partial charge on any atom is 2.00 e. The molecule has 0 aromatic carbocycles. The Morgan fingerprint density at radius 2 is 0.569 bits per heavy atom. The molecule has 0 unspecified atom stereocenters. The van der Waals surface area contributed by atoms with Gasteiger partial charge in [0.1, 0.15) is 0 Å². The van der Waals surface area contributed by atoms with Crippen molar-refractivity contribution in [2.45, 2.75) is 0 Å². The molecule has 51 heavy (non-hydrogen) atoms. The van der Waals surface area contributed by atoms with Gasteiger partial charge in [-0.15, -0.1) is 0 Å². The maximum absolute atomic E-state index is 10.7. The van der Waals surface area contributed by atoms with Crippen molar-refractivity contribution < 1.29 is 74.5 Å². The maximum atomic E-state index is 9.87. The Balaban J connectivity index is 0.000000614. The Hall–Kier alpha value is -4.46. The van der Waals surface area contributed by atoms with Crippen LogP contribution in [0.1, 0.15) is 0 Å². The van der Waals surface area contributed by atoms with E-state index in [0.29, 0.717) is 0 Å². The van der Waals surface area contributed by atoms with Gasteiger partial charge in [0.25, 0.3) is 0 Å². The van der Waals surface area contributed by atoms with E-state index in [0.717, 1.165) is 33.8 Å². The number of hydrogen-bond donors (Lipinski definition) is 0. The van der Waals surface area contributed by atoms with Crippen molar-refractivity contribution in [3.63, 3.8) is 0 Å². The SMILES string of the molecule is F[P-](F)(F)(F)(F)F.F[P-](F)(F)(F)(F)F.[C-]#[O+].[Ru+2].c1ccc(-c2ccccn2)nc1.c1ccc(-c2ccccn2)nc1.c1cnc2ncccc2c1. The van der Waals surface area contributed by atoms with Crippen molar-refractivity contribution in [3.05, 3.63) is 141 Å². The molecule has 0 bridgehead atoms. The normalized spacial score (nSPS) is 12.9. The summed E-state index contributed by atoms with van der Waals surface area (Å²) >= 11 is 0. The van der Waals surface area contributed by atoms with Crippen LogP contribution in [0.2, 0.25) is 0 Å². The fraction of sp³-hybridized carbons (Fsp3) is 0. The molecule has 0 amide bonds. The molecule has 276 valence electrons. The molecule has 22 heteroatoms.